The second-order valence-corrected chi connectivity index (χ2v) is 5.95. The molecule has 1 saturated heterocycles. The maximum Gasteiger partial charge on any atom is 0.244 e. The van der Waals surface area contributed by atoms with Crippen LogP contribution in [0.1, 0.15) is 6.42 Å². The molecule has 0 unspecified atom stereocenters. The van der Waals surface area contributed by atoms with Gasteiger partial charge in [-0.1, -0.05) is 12.1 Å². The fourth-order valence-corrected chi connectivity index (χ4v) is 3.80. The molecule has 1 aromatic rings. The lowest BCUT2D eigenvalue weighted by atomic mass is 10.3. The van der Waals surface area contributed by atoms with E-state index in [9.17, 15) is 8.42 Å². The molecule has 0 bridgehead atoms. The van der Waals surface area contributed by atoms with E-state index in [4.69, 9.17) is 0 Å². The highest BCUT2D eigenvalue weighted by atomic mass is 79.9. The first-order chi connectivity index (χ1) is 6.62. The van der Waals surface area contributed by atoms with E-state index in [1.165, 1.54) is 4.31 Å². The Hall–Kier alpha value is -0.390. The quantitative estimate of drug-likeness (QED) is 0.826. The summed E-state index contributed by atoms with van der Waals surface area (Å²) >= 11 is 3.25. The van der Waals surface area contributed by atoms with E-state index >= 15 is 0 Å². The zero-order valence-electron chi connectivity index (χ0n) is 7.48. The molecule has 0 atom stereocenters. The SMILES string of the molecule is O=S(=O)(c1ccccc1Br)N1CCC1. The van der Waals surface area contributed by atoms with E-state index in [-0.39, 0.29) is 0 Å². The number of hydrogen-bond acceptors (Lipinski definition) is 2. The normalized spacial score (nSPS) is 17.8. The zero-order valence-corrected chi connectivity index (χ0v) is 9.88. The maximum atomic E-state index is 11.9. The third-order valence-electron chi connectivity index (χ3n) is 2.27. The van der Waals surface area contributed by atoms with Gasteiger partial charge in [-0.15, -0.1) is 0 Å². The fourth-order valence-electron chi connectivity index (χ4n) is 1.32. The fraction of sp³-hybridized carbons (Fsp3) is 0.333. The van der Waals surface area contributed by atoms with Crippen molar-refractivity contribution >= 4 is 26.0 Å². The van der Waals surface area contributed by atoms with Gasteiger partial charge in [0, 0.05) is 17.6 Å². The van der Waals surface area contributed by atoms with Crippen molar-refractivity contribution < 1.29 is 8.42 Å². The molecule has 0 saturated carbocycles. The maximum absolute atomic E-state index is 11.9. The molecule has 3 nitrogen and oxygen atoms in total. The summed E-state index contributed by atoms with van der Waals surface area (Å²) in [7, 11) is -3.25. The van der Waals surface area contributed by atoms with Crippen LogP contribution in [0.4, 0.5) is 0 Å². The van der Waals surface area contributed by atoms with Crippen LogP contribution in [0.2, 0.25) is 0 Å². The van der Waals surface area contributed by atoms with Crippen LogP contribution >= 0.6 is 15.9 Å². The Labute approximate surface area is 91.9 Å². The summed E-state index contributed by atoms with van der Waals surface area (Å²) in [6, 6.07) is 6.90. The second kappa shape index (κ2) is 3.64. The highest BCUT2D eigenvalue weighted by molar-refractivity contribution is 9.10. The molecular weight excluding hydrogens is 266 g/mol. The molecule has 14 heavy (non-hydrogen) atoms. The average Bonchev–Trinajstić information content (AvgIpc) is 2.00. The lowest BCUT2D eigenvalue weighted by molar-refractivity contribution is 0.309. The molecular formula is C9H10BrNO2S. The minimum absolute atomic E-state index is 0.361. The summed E-state index contributed by atoms with van der Waals surface area (Å²) < 4.78 is 26.0. The van der Waals surface area contributed by atoms with Crippen LogP contribution in [0, 0.1) is 0 Å². The Morgan fingerprint density at radius 1 is 1.21 bits per heavy atom. The summed E-state index contributed by atoms with van der Waals surface area (Å²) in [6.45, 7) is 1.29. The van der Waals surface area contributed by atoms with Crippen molar-refractivity contribution in [1.82, 2.24) is 4.31 Å². The summed E-state index contributed by atoms with van der Waals surface area (Å²) in [4.78, 5) is 0.361. The Balaban J connectivity index is 2.43. The zero-order chi connectivity index (χ0) is 10.2. The van der Waals surface area contributed by atoms with Crippen LogP contribution in [-0.2, 0) is 10.0 Å². The summed E-state index contributed by atoms with van der Waals surface area (Å²) in [5.41, 5.74) is 0. The summed E-state index contributed by atoms with van der Waals surface area (Å²) in [6.07, 6.45) is 0.962. The van der Waals surface area contributed by atoms with Gasteiger partial charge in [0.05, 0.1) is 4.90 Å². The number of benzene rings is 1. The Bertz CT molecular complexity index is 440. The second-order valence-electron chi connectivity index (χ2n) is 3.19. The van der Waals surface area contributed by atoms with Gasteiger partial charge >= 0.3 is 0 Å². The molecule has 0 aromatic heterocycles. The lowest BCUT2D eigenvalue weighted by Gasteiger charge is -2.29. The van der Waals surface area contributed by atoms with Crippen LogP contribution in [-0.4, -0.2) is 25.8 Å². The molecule has 0 N–H and O–H groups in total. The van der Waals surface area contributed by atoms with E-state index in [1.807, 2.05) is 0 Å². The van der Waals surface area contributed by atoms with Gasteiger partial charge in [-0.2, -0.15) is 4.31 Å². The molecule has 1 heterocycles. The molecule has 1 aliphatic heterocycles. The summed E-state index contributed by atoms with van der Waals surface area (Å²) in [5, 5.41) is 0. The minimum atomic E-state index is -3.25. The molecule has 5 heteroatoms. The van der Waals surface area contributed by atoms with Crippen LogP contribution in [0.3, 0.4) is 0 Å². The third kappa shape index (κ3) is 1.60. The third-order valence-corrected chi connectivity index (χ3v) is 5.18. The molecule has 0 radical (unpaired) electrons. The largest absolute Gasteiger partial charge is 0.244 e. The minimum Gasteiger partial charge on any atom is -0.207 e. The first-order valence-corrected chi connectivity index (χ1v) is 6.60. The van der Waals surface area contributed by atoms with E-state index in [1.54, 1.807) is 24.3 Å². The highest BCUT2D eigenvalue weighted by Crippen LogP contribution is 2.27. The van der Waals surface area contributed by atoms with Gasteiger partial charge < -0.3 is 0 Å². The predicted octanol–water partition coefficient (Wildman–Crippen LogP) is 1.84. The number of nitrogens with zero attached hydrogens (tertiary/aromatic N) is 1. The Morgan fingerprint density at radius 2 is 1.86 bits per heavy atom. The predicted molar refractivity (Wildman–Crippen MR) is 57.5 cm³/mol. The number of halogens is 1. The van der Waals surface area contributed by atoms with E-state index < -0.39 is 10.0 Å². The van der Waals surface area contributed by atoms with Gasteiger partial charge in [-0.3, -0.25) is 0 Å². The van der Waals surface area contributed by atoms with Crippen molar-refractivity contribution in [2.75, 3.05) is 13.1 Å². The van der Waals surface area contributed by atoms with E-state index in [0.717, 1.165) is 6.42 Å². The van der Waals surface area contributed by atoms with Crippen molar-refractivity contribution in [3.05, 3.63) is 28.7 Å². The Morgan fingerprint density at radius 3 is 2.36 bits per heavy atom. The topological polar surface area (TPSA) is 37.4 Å². The molecule has 76 valence electrons. The highest BCUT2D eigenvalue weighted by Gasteiger charge is 2.30. The molecule has 2 rings (SSSR count). The molecule has 1 aliphatic rings. The molecule has 1 aromatic carbocycles. The van der Waals surface area contributed by atoms with Crippen LogP contribution < -0.4 is 0 Å². The van der Waals surface area contributed by atoms with Crippen molar-refractivity contribution in [2.45, 2.75) is 11.3 Å². The van der Waals surface area contributed by atoms with E-state index in [0.29, 0.717) is 22.5 Å². The number of hydrogen-bond donors (Lipinski definition) is 0. The van der Waals surface area contributed by atoms with Gasteiger partial charge in [-0.25, -0.2) is 8.42 Å². The van der Waals surface area contributed by atoms with Crippen molar-refractivity contribution in [3.63, 3.8) is 0 Å². The van der Waals surface area contributed by atoms with Crippen molar-refractivity contribution in [1.29, 1.82) is 0 Å². The first kappa shape index (κ1) is 10.1. The van der Waals surface area contributed by atoms with Crippen molar-refractivity contribution in [3.8, 4) is 0 Å². The van der Waals surface area contributed by atoms with Gasteiger partial charge in [0.2, 0.25) is 10.0 Å². The van der Waals surface area contributed by atoms with E-state index in [2.05, 4.69) is 15.9 Å². The lowest BCUT2D eigenvalue weighted by Crippen LogP contribution is -2.42. The smallest absolute Gasteiger partial charge is 0.207 e. The monoisotopic (exact) mass is 275 g/mol. The Kier molecular flexibility index (Phi) is 2.64. The first-order valence-electron chi connectivity index (χ1n) is 4.37. The summed E-state index contributed by atoms with van der Waals surface area (Å²) in [5.74, 6) is 0. The van der Waals surface area contributed by atoms with Gasteiger partial charge in [0.1, 0.15) is 0 Å². The van der Waals surface area contributed by atoms with Crippen molar-refractivity contribution in [2.24, 2.45) is 0 Å². The molecule has 0 spiro atoms. The number of sulfonamides is 1. The molecule has 0 amide bonds. The molecule has 1 fully saturated rings. The van der Waals surface area contributed by atoms with Crippen LogP contribution in [0.15, 0.2) is 33.6 Å². The van der Waals surface area contributed by atoms with Crippen LogP contribution in [0.25, 0.3) is 0 Å². The number of rotatable bonds is 2. The standard InChI is InChI=1S/C9H10BrNO2S/c10-8-4-1-2-5-9(8)14(12,13)11-6-3-7-11/h1-2,4-5H,3,6-7H2. The average molecular weight is 276 g/mol. The van der Waals surface area contributed by atoms with Crippen LogP contribution in [0.5, 0.6) is 0 Å². The van der Waals surface area contributed by atoms with Gasteiger partial charge in [0.15, 0.2) is 0 Å². The van der Waals surface area contributed by atoms with Gasteiger partial charge in [0.25, 0.3) is 0 Å². The molecule has 0 aliphatic carbocycles. The van der Waals surface area contributed by atoms with Gasteiger partial charge in [-0.05, 0) is 34.5 Å².